The molecule has 2 rings (SSSR count). The number of benzene rings is 2. The Hall–Kier alpha value is -2.85. The Morgan fingerprint density at radius 3 is 2.32 bits per heavy atom. The molecule has 0 spiro atoms. The molecular weight excluding hydrogens is 340 g/mol. The second kappa shape index (κ2) is 8.31. The minimum absolute atomic E-state index is 0.0255. The molecule has 0 aromatic heterocycles. The lowest BCUT2D eigenvalue weighted by Gasteiger charge is -2.05. The number of rotatable bonds is 7. The molecule has 0 aliphatic rings. The molecule has 0 N–H and O–H groups in total. The Bertz CT molecular complexity index is 880. The van der Waals surface area contributed by atoms with Crippen LogP contribution in [-0.4, -0.2) is 20.7 Å². The van der Waals surface area contributed by atoms with Crippen molar-refractivity contribution in [2.75, 3.05) is 6.61 Å². The van der Waals surface area contributed by atoms with Gasteiger partial charge in [-0.25, -0.2) is 0 Å². The van der Waals surface area contributed by atoms with Gasteiger partial charge in [0.25, 0.3) is 0 Å². The molecule has 25 heavy (non-hydrogen) atoms. The molecule has 7 heteroatoms. The zero-order chi connectivity index (χ0) is 18.3. The van der Waals surface area contributed by atoms with Crippen LogP contribution in [0.25, 0.3) is 0 Å². The number of hydrogen-bond acceptors (Lipinski definition) is 6. The van der Waals surface area contributed by atoms with E-state index in [1.807, 2.05) is 19.9 Å². The van der Waals surface area contributed by atoms with E-state index in [4.69, 9.17) is 4.74 Å². The lowest BCUT2D eigenvalue weighted by atomic mass is 10.1. The molecule has 2 aromatic carbocycles. The van der Waals surface area contributed by atoms with E-state index in [9.17, 15) is 13.7 Å². The monoisotopic (exact) mass is 358 g/mol. The Labute approximate surface area is 147 Å². The van der Waals surface area contributed by atoms with Crippen LogP contribution in [0.15, 0.2) is 58.6 Å². The van der Waals surface area contributed by atoms with Gasteiger partial charge in [-0.05, 0) is 49.7 Å². The number of ether oxygens (including phenoxy) is 1. The third kappa shape index (κ3) is 5.06. The quantitative estimate of drug-likeness (QED) is 0.559. The molecule has 6 nitrogen and oxygen atoms in total. The van der Waals surface area contributed by atoms with Crippen molar-refractivity contribution in [2.24, 2.45) is 5.16 Å². The van der Waals surface area contributed by atoms with Crippen LogP contribution in [0.3, 0.4) is 0 Å². The first kappa shape index (κ1) is 18.5. The summed E-state index contributed by atoms with van der Waals surface area (Å²) < 4.78 is 34.3. The molecule has 0 saturated heterocycles. The summed E-state index contributed by atoms with van der Waals surface area (Å²) in [6.07, 6.45) is 0.886. The fourth-order valence-corrected chi connectivity index (χ4v) is 2.63. The van der Waals surface area contributed by atoms with E-state index in [-0.39, 0.29) is 10.6 Å². The number of nitrogens with zero attached hydrogens (tertiary/aromatic N) is 2. The van der Waals surface area contributed by atoms with Crippen LogP contribution in [0, 0.1) is 18.3 Å². The van der Waals surface area contributed by atoms with Gasteiger partial charge >= 0.3 is 10.1 Å². The maximum absolute atomic E-state index is 12.1. The number of aryl methyl sites for hydroxylation is 1. The normalized spacial score (nSPS) is 11.6. The van der Waals surface area contributed by atoms with Gasteiger partial charge in [-0.1, -0.05) is 29.8 Å². The Balaban J connectivity index is 2.17. The van der Waals surface area contributed by atoms with Gasteiger partial charge in [0.2, 0.25) is 0 Å². The molecule has 0 aliphatic carbocycles. The van der Waals surface area contributed by atoms with Crippen molar-refractivity contribution in [1.82, 2.24) is 0 Å². The number of nitriles is 1. The topological polar surface area (TPSA) is 88.8 Å². The smallest absolute Gasteiger partial charge is 0.358 e. The zero-order valence-corrected chi connectivity index (χ0v) is 14.8. The summed E-state index contributed by atoms with van der Waals surface area (Å²) in [6.45, 7) is 4.44. The molecule has 0 atom stereocenters. The molecule has 0 amide bonds. The summed E-state index contributed by atoms with van der Waals surface area (Å²) in [5.74, 6) is 0.663. The van der Waals surface area contributed by atoms with Crippen molar-refractivity contribution in [3.63, 3.8) is 0 Å². The zero-order valence-electron chi connectivity index (χ0n) is 14.0. The molecular formula is C18H18N2O4S. The van der Waals surface area contributed by atoms with Crippen LogP contribution in [-0.2, 0) is 14.4 Å². The van der Waals surface area contributed by atoms with Crippen LogP contribution in [0.2, 0.25) is 0 Å². The first-order valence-corrected chi connectivity index (χ1v) is 9.08. The van der Waals surface area contributed by atoms with Crippen molar-refractivity contribution in [1.29, 1.82) is 5.26 Å². The van der Waals surface area contributed by atoms with Gasteiger partial charge in [0, 0.05) is 5.56 Å². The van der Waals surface area contributed by atoms with Gasteiger partial charge in [0.15, 0.2) is 5.71 Å². The van der Waals surface area contributed by atoms with Crippen LogP contribution in [0.5, 0.6) is 5.75 Å². The molecule has 0 unspecified atom stereocenters. The van der Waals surface area contributed by atoms with E-state index in [1.54, 1.807) is 36.4 Å². The fraction of sp³-hybridized carbons (Fsp3) is 0.222. The summed E-state index contributed by atoms with van der Waals surface area (Å²) >= 11 is 0. The SMILES string of the molecule is CCCOc1ccc(/C(C#N)=N/OS(=O)(=O)c2ccc(C)cc2)cc1. The second-order valence-corrected chi connectivity index (χ2v) is 6.79. The number of oxime groups is 1. The maximum atomic E-state index is 12.1. The highest BCUT2D eigenvalue weighted by Crippen LogP contribution is 2.16. The van der Waals surface area contributed by atoms with Crippen LogP contribution in [0.1, 0.15) is 24.5 Å². The highest BCUT2D eigenvalue weighted by molar-refractivity contribution is 7.86. The summed E-state index contributed by atoms with van der Waals surface area (Å²) in [7, 11) is -4.07. The minimum atomic E-state index is -4.07. The van der Waals surface area contributed by atoms with Crippen molar-refractivity contribution in [3.05, 3.63) is 59.7 Å². The molecule has 0 bridgehead atoms. The third-order valence-electron chi connectivity index (χ3n) is 3.24. The van der Waals surface area contributed by atoms with E-state index in [0.717, 1.165) is 12.0 Å². The van der Waals surface area contributed by atoms with Gasteiger partial charge in [0.05, 0.1) is 6.61 Å². The van der Waals surface area contributed by atoms with Crippen LogP contribution in [0.4, 0.5) is 0 Å². The highest BCUT2D eigenvalue weighted by Gasteiger charge is 2.16. The lowest BCUT2D eigenvalue weighted by molar-refractivity contribution is 0.317. The van der Waals surface area contributed by atoms with Gasteiger partial charge in [-0.2, -0.15) is 13.7 Å². The number of hydrogen-bond donors (Lipinski definition) is 0. The van der Waals surface area contributed by atoms with Gasteiger partial charge in [-0.15, -0.1) is 0 Å². The molecule has 2 aromatic rings. The average Bonchev–Trinajstić information content (AvgIpc) is 2.62. The second-order valence-electron chi connectivity index (χ2n) is 5.27. The van der Waals surface area contributed by atoms with E-state index < -0.39 is 10.1 Å². The van der Waals surface area contributed by atoms with Crippen molar-refractivity contribution >= 4 is 15.8 Å². The van der Waals surface area contributed by atoms with Gasteiger partial charge in [-0.3, -0.25) is 4.28 Å². The third-order valence-corrected chi connectivity index (χ3v) is 4.36. The van der Waals surface area contributed by atoms with E-state index in [0.29, 0.717) is 17.9 Å². The van der Waals surface area contributed by atoms with Crippen LogP contribution < -0.4 is 4.74 Å². The Morgan fingerprint density at radius 2 is 1.76 bits per heavy atom. The first-order chi connectivity index (χ1) is 12.0. The molecule has 0 saturated carbocycles. The summed E-state index contributed by atoms with van der Waals surface area (Å²) in [4.78, 5) is -0.0255. The van der Waals surface area contributed by atoms with E-state index >= 15 is 0 Å². The summed E-state index contributed by atoms with van der Waals surface area (Å²) in [5, 5.41) is 12.7. The molecule has 0 aliphatic heterocycles. The van der Waals surface area contributed by atoms with Crippen molar-refractivity contribution in [2.45, 2.75) is 25.2 Å². The predicted molar refractivity (Wildman–Crippen MR) is 93.8 cm³/mol. The molecule has 0 radical (unpaired) electrons. The Kier molecular flexibility index (Phi) is 6.14. The Morgan fingerprint density at radius 1 is 1.12 bits per heavy atom. The minimum Gasteiger partial charge on any atom is -0.494 e. The first-order valence-electron chi connectivity index (χ1n) is 7.68. The van der Waals surface area contributed by atoms with Crippen molar-refractivity contribution in [3.8, 4) is 11.8 Å². The highest BCUT2D eigenvalue weighted by atomic mass is 32.2. The average molecular weight is 358 g/mol. The summed E-state index contributed by atoms with van der Waals surface area (Å²) in [6, 6.07) is 14.6. The molecule has 130 valence electrons. The van der Waals surface area contributed by atoms with Crippen LogP contribution >= 0.6 is 0 Å². The molecule has 0 heterocycles. The largest absolute Gasteiger partial charge is 0.494 e. The predicted octanol–water partition coefficient (Wildman–Crippen LogP) is 3.42. The molecule has 0 fully saturated rings. The maximum Gasteiger partial charge on any atom is 0.358 e. The van der Waals surface area contributed by atoms with Gasteiger partial charge in [0.1, 0.15) is 16.7 Å². The summed E-state index contributed by atoms with van der Waals surface area (Å²) in [5.41, 5.74) is 1.22. The lowest BCUT2D eigenvalue weighted by Crippen LogP contribution is -2.06. The van der Waals surface area contributed by atoms with E-state index in [2.05, 4.69) is 9.44 Å². The van der Waals surface area contributed by atoms with Gasteiger partial charge < -0.3 is 4.74 Å². The standard InChI is InChI=1S/C18H18N2O4S/c1-3-12-23-16-8-6-15(7-9-16)18(13-19)20-24-25(21,22)17-10-4-14(2)5-11-17/h4-11H,3,12H2,1-2H3/b20-18+. The van der Waals surface area contributed by atoms with Crippen molar-refractivity contribution < 1.29 is 17.4 Å². The van der Waals surface area contributed by atoms with E-state index in [1.165, 1.54) is 12.1 Å². The fourth-order valence-electron chi connectivity index (χ4n) is 1.90.